The highest BCUT2D eigenvalue weighted by Crippen LogP contribution is 2.14. The van der Waals surface area contributed by atoms with E-state index in [1.807, 2.05) is 6.92 Å². The summed E-state index contributed by atoms with van der Waals surface area (Å²) in [6, 6.07) is 1.50. The average Bonchev–Trinajstić information content (AvgIpc) is 2.17. The molecule has 0 atom stereocenters. The summed E-state index contributed by atoms with van der Waals surface area (Å²) in [5, 5.41) is 0.248. The molecule has 0 bridgehead atoms. The summed E-state index contributed by atoms with van der Waals surface area (Å²) in [6.45, 7) is 4.38. The van der Waals surface area contributed by atoms with Gasteiger partial charge < -0.3 is 9.47 Å². The molecular formula is C10H13ClN2O3. The number of carbonyl (C=O) groups excluding carboxylic acids is 1. The Balaban J connectivity index is 2.75. The van der Waals surface area contributed by atoms with Crippen molar-refractivity contribution in [1.82, 2.24) is 9.97 Å². The summed E-state index contributed by atoms with van der Waals surface area (Å²) in [6.07, 6.45) is -0.00548. The Kier molecular flexibility index (Phi) is 4.98. The van der Waals surface area contributed by atoms with Crippen LogP contribution in [0.3, 0.4) is 0 Å². The first kappa shape index (κ1) is 12.7. The van der Waals surface area contributed by atoms with E-state index in [1.165, 1.54) is 6.07 Å². The normalized spacial score (nSPS) is 9.94. The minimum absolute atomic E-state index is 0.00548. The molecule has 5 nitrogen and oxygen atoms in total. The number of rotatable bonds is 5. The fraction of sp³-hybridized carbons (Fsp3) is 0.500. The van der Waals surface area contributed by atoms with Crippen LogP contribution < -0.4 is 4.74 Å². The van der Waals surface area contributed by atoms with Gasteiger partial charge in [0.25, 0.3) is 0 Å². The molecule has 1 rings (SSSR count). The van der Waals surface area contributed by atoms with Gasteiger partial charge in [-0.1, -0.05) is 11.6 Å². The number of nitrogens with zero attached hydrogens (tertiary/aromatic N) is 2. The van der Waals surface area contributed by atoms with Crippen molar-refractivity contribution in [3.05, 3.63) is 17.0 Å². The zero-order chi connectivity index (χ0) is 12.0. The van der Waals surface area contributed by atoms with Gasteiger partial charge in [-0.2, -0.15) is 4.98 Å². The molecule has 0 fully saturated rings. The predicted octanol–water partition coefficient (Wildman–Crippen LogP) is 1.63. The summed E-state index contributed by atoms with van der Waals surface area (Å²) < 4.78 is 9.96. The first-order valence-electron chi connectivity index (χ1n) is 4.97. The molecule has 1 heterocycles. The quantitative estimate of drug-likeness (QED) is 0.582. The average molecular weight is 245 g/mol. The Labute approximate surface area is 98.8 Å². The van der Waals surface area contributed by atoms with Crippen LogP contribution in [-0.4, -0.2) is 29.2 Å². The molecule has 6 heteroatoms. The fourth-order valence-corrected chi connectivity index (χ4v) is 1.27. The number of ether oxygens (including phenoxy) is 2. The van der Waals surface area contributed by atoms with Crippen molar-refractivity contribution in [2.75, 3.05) is 13.2 Å². The topological polar surface area (TPSA) is 61.3 Å². The number of aromatic nitrogens is 2. The molecule has 0 unspecified atom stereocenters. The lowest BCUT2D eigenvalue weighted by Crippen LogP contribution is -2.11. The van der Waals surface area contributed by atoms with E-state index in [4.69, 9.17) is 21.1 Å². The SMILES string of the molecule is CCOC(=O)Cc1nc(Cl)cc(OCC)n1. The van der Waals surface area contributed by atoms with Gasteiger partial charge in [0.2, 0.25) is 5.88 Å². The summed E-state index contributed by atoms with van der Waals surface area (Å²) in [5.41, 5.74) is 0. The van der Waals surface area contributed by atoms with Gasteiger partial charge in [-0.15, -0.1) is 0 Å². The maximum Gasteiger partial charge on any atom is 0.313 e. The standard InChI is InChI=1S/C10H13ClN2O3/c1-3-15-9-5-7(11)12-8(13-9)6-10(14)16-4-2/h5H,3-4,6H2,1-2H3. The number of halogens is 1. The van der Waals surface area contributed by atoms with Gasteiger partial charge in [-0.25, -0.2) is 4.98 Å². The third-order valence-electron chi connectivity index (χ3n) is 1.62. The van der Waals surface area contributed by atoms with Crippen molar-refractivity contribution in [3.63, 3.8) is 0 Å². The molecule has 0 radical (unpaired) electrons. The molecule has 0 saturated heterocycles. The van der Waals surface area contributed by atoms with Gasteiger partial charge >= 0.3 is 5.97 Å². The maximum absolute atomic E-state index is 11.2. The van der Waals surface area contributed by atoms with Crippen molar-refractivity contribution in [2.24, 2.45) is 0 Å². The van der Waals surface area contributed by atoms with Crippen LogP contribution in [0.4, 0.5) is 0 Å². The molecule has 0 N–H and O–H groups in total. The predicted molar refractivity (Wildman–Crippen MR) is 58.5 cm³/mol. The Morgan fingerprint density at radius 2 is 2.12 bits per heavy atom. The maximum atomic E-state index is 11.2. The molecule has 0 aromatic carbocycles. The molecule has 0 aliphatic carbocycles. The van der Waals surface area contributed by atoms with Crippen LogP contribution in [0.2, 0.25) is 5.15 Å². The van der Waals surface area contributed by atoms with Crippen molar-refractivity contribution in [2.45, 2.75) is 20.3 Å². The third kappa shape index (κ3) is 4.02. The largest absolute Gasteiger partial charge is 0.478 e. The smallest absolute Gasteiger partial charge is 0.313 e. The van der Waals surface area contributed by atoms with E-state index < -0.39 is 0 Å². The highest BCUT2D eigenvalue weighted by Gasteiger charge is 2.09. The van der Waals surface area contributed by atoms with Crippen LogP contribution in [0.5, 0.6) is 5.88 Å². The Bertz CT molecular complexity index is 371. The Morgan fingerprint density at radius 3 is 2.75 bits per heavy atom. The van der Waals surface area contributed by atoms with Gasteiger partial charge in [0.1, 0.15) is 17.4 Å². The molecule has 1 aromatic heterocycles. The highest BCUT2D eigenvalue weighted by molar-refractivity contribution is 6.29. The minimum Gasteiger partial charge on any atom is -0.478 e. The molecular weight excluding hydrogens is 232 g/mol. The fourth-order valence-electron chi connectivity index (χ4n) is 1.08. The third-order valence-corrected chi connectivity index (χ3v) is 1.81. The van der Waals surface area contributed by atoms with Gasteiger partial charge in [-0.3, -0.25) is 4.79 Å². The molecule has 0 amide bonds. The monoisotopic (exact) mass is 244 g/mol. The van der Waals surface area contributed by atoms with Gasteiger partial charge in [0.15, 0.2) is 0 Å². The zero-order valence-corrected chi connectivity index (χ0v) is 9.95. The van der Waals surface area contributed by atoms with Gasteiger partial charge in [0, 0.05) is 6.07 Å². The van der Waals surface area contributed by atoms with Crippen molar-refractivity contribution in [1.29, 1.82) is 0 Å². The first-order chi connectivity index (χ1) is 7.65. The summed E-state index contributed by atoms with van der Waals surface area (Å²) in [5.74, 6) is 0.281. The number of esters is 1. The van der Waals surface area contributed by atoms with Crippen LogP contribution in [0, 0.1) is 0 Å². The van der Waals surface area contributed by atoms with Crippen molar-refractivity contribution >= 4 is 17.6 Å². The van der Waals surface area contributed by atoms with Gasteiger partial charge in [-0.05, 0) is 13.8 Å². The summed E-state index contributed by atoms with van der Waals surface area (Å²) in [7, 11) is 0. The Hall–Kier alpha value is -1.36. The van der Waals surface area contributed by atoms with E-state index in [0.29, 0.717) is 24.9 Å². The Morgan fingerprint density at radius 1 is 1.38 bits per heavy atom. The van der Waals surface area contributed by atoms with Crippen LogP contribution in [0.25, 0.3) is 0 Å². The number of carbonyl (C=O) groups is 1. The summed E-state index contributed by atoms with van der Waals surface area (Å²) >= 11 is 5.76. The number of hydrogen-bond donors (Lipinski definition) is 0. The second-order valence-electron chi connectivity index (χ2n) is 2.86. The number of hydrogen-bond acceptors (Lipinski definition) is 5. The second-order valence-corrected chi connectivity index (χ2v) is 3.25. The first-order valence-corrected chi connectivity index (χ1v) is 5.35. The summed E-state index contributed by atoms with van der Waals surface area (Å²) in [4.78, 5) is 19.1. The minimum atomic E-state index is -0.382. The molecule has 0 aliphatic heterocycles. The van der Waals surface area contributed by atoms with E-state index in [9.17, 15) is 4.79 Å². The van der Waals surface area contributed by atoms with Crippen LogP contribution in [0.1, 0.15) is 19.7 Å². The van der Waals surface area contributed by atoms with Crippen LogP contribution in [-0.2, 0) is 16.0 Å². The lowest BCUT2D eigenvalue weighted by molar-refractivity contribution is -0.142. The van der Waals surface area contributed by atoms with E-state index in [2.05, 4.69) is 9.97 Å². The molecule has 0 spiro atoms. The van der Waals surface area contributed by atoms with E-state index >= 15 is 0 Å². The highest BCUT2D eigenvalue weighted by atomic mass is 35.5. The molecule has 0 saturated carbocycles. The lowest BCUT2D eigenvalue weighted by Gasteiger charge is -2.05. The second kappa shape index (κ2) is 6.27. The van der Waals surface area contributed by atoms with Crippen LogP contribution >= 0.6 is 11.6 Å². The van der Waals surface area contributed by atoms with Crippen molar-refractivity contribution in [3.8, 4) is 5.88 Å². The van der Waals surface area contributed by atoms with E-state index in [1.54, 1.807) is 6.92 Å². The van der Waals surface area contributed by atoms with Crippen molar-refractivity contribution < 1.29 is 14.3 Å². The van der Waals surface area contributed by atoms with E-state index in [-0.39, 0.29) is 17.5 Å². The van der Waals surface area contributed by atoms with Gasteiger partial charge in [0.05, 0.1) is 13.2 Å². The molecule has 0 aliphatic rings. The van der Waals surface area contributed by atoms with Crippen LogP contribution in [0.15, 0.2) is 6.07 Å². The molecule has 88 valence electrons. The van der Waals surface area contributed by atoms with E-state index in [0.717, 1.165) is 0 Å². The molecule has 16 heavy (non-hydrogen) atoms. The lowest BCUT2D eigenvalue weighted by atomic mass is 10.4. The zero-order valence-electron chi connectivity index (χ0n) is 9.20. The molecule has 1 aromatic rings.